The Morgan fingerprint density at radius 2 is 2.40 bits per heavy atom. The van der Waals surface area contributed by atoms with Gasteiger partial charge in [0.2, 0.25) is 0 Å². The van der Waals surface area contributed by atoms with Crippen molar-refractivity contribution in [1.29, 1.82) is 0 Å². The molecule has 15 heavy (non-hydrogen) atoms. The zero-order valence-corrected chi connectivity index (χ0v) is 8.21. The molecule has 0 unspecified atom stereocenters. The number of hydrogen-bond donors (Lipinski definition) is 1. The highest BCUT2D eigenvalue weighted by Gasteiger charge is 1.94. The minimum atomic E-state index is -1.00. The number of aromatic nitrogens is 1. The maximum atomic E-state index is 10.2. The van der Waals surface area contributed by atoms with E-state index in [1.54, 1.807) is 12.1 Å². The maximum Gasteiger partial charge on any atom is 0.328 e. The minimum absolute atomic E-state index is 0.159. The lowest BCUT2D eigenvalue weighted by Gasteiger charge is -2.03. The number of methoxy groups -OCH3 is 1. The molecule has 0 spiro atoms. The van der Waals surface area contributed by atoms with Crippen molar-refractivity contribution >= 4 is 12.0 Å². The van der Waals surface area contributed by atoms with Crippen molar-refractivity contribution in [3.05, 3.63) is 30.1 Å². The van der Waals surface area contributed by atoms with Gasteiger partial charge in [0, 0.05) is 13.2 Å². The zero-order valence-electron chi connectivity index (χ0n) is 8.21. The molecule has 0 saturated heterocycles. The Kier molecular flexibility index (Phi) is 4.30. The Hall–Kier alpha value is -1.88. The molecule has 1 aromatic heterocycles. The van der Waals surface area contributed by atoms with Crippen molar-refractivity contribution < 1.29 is 19.4 Å². The fraction of sp³-hybridized carbons (Fsp3) is 0.200. The minimum Gasteiger partial charge on any atom is -0.478 e. The van der Waals surface area contributed by atoms with Gasteiger partial charge in [0.1, 0.15) is 5.75 Å². The molecule has 1 N–H and O–H groups in total. The first-order valence-corrected chi connectivity index (χ1v) is 4.21. The summed E-state index contributed by atoms with van der Waals surface area (Å²) in [6, 6.07) is 3.35. The molecular weight excluding hydrogens is 198 g/mol. The van der Waals surface area contributed by atoms with E-state index < -0.39 is 5.97 Å². The second kappa shape index (κ2) is 5.77. The van der Waals surface area contributed by atoms with Crippen LogP contribution in [-0.4, -0.2) is 30.0 Å². The van der Waals surface area contributed by atoms with Gasteiger partial charge in [-0.1, -0.05) is 0 Å². The Labute approximate surface area is 87.0 Å². The van der Waals surface area contributed by atoms with E-state index in [0.717, 1.165) is 6.08 Å². The molecular formula is C10H11NO4. The molecule has 0 fully saturated rings. The van der Waals surface area contributed by atoms with E-state index in [9.17, 15) is 4.79 Å². The van der Waals surface area contributed by atoms with Gasteiger partial charge < -0.3 is 14.6 Å². The highest BCUT2D eigenvalue weighted by Crippen LogP contribution is 2.09. The van der Waals surface area contributed by atoms with Gasteiger partial charge in [-0.2, -0.15) is 0 Å². The van der Waals surface area contributed by atoms with Crippen LogP contribution in [0.4, 0.5) is 0 Å². The third-order valence-electron chi connectivity index (χ3n) is 1.50. The van der Waals surface area contributed by atoms with Crippen molar-refractivity contribution in [1.82, 2.24) is 4.98 Å². The average molecular weight is 209 g/mol. The summed E-state index contributed by atoms with van der Waals surface area (Å²) in [4.78, 5) is 14.2. The van der Waals surface area contributed by atoms with Crippen LogP contribution in [0.1, 0.15) is 5.69 Å². The first-order chi connectivity index (χ1) is 7.22. The number of carbonyl (C=O) groups is 1. The van der Waals surface area contributed by atoms with E-state index in [-0.39, 0.29) is 6.79 Å². The first-order valence-electron chi connectivity index (χ1n) is 4.21. The number of hydrogen-bond acceptors (Lipinski definition) is 4. The Bertz CT molecular complexity index is 345. The first kappa shape index (κ1) is 11.2. The third-order valence-corrected chi connectivity index (χ3v) is 1.50. The molecule has 5 nitrogen and oxygen atoms in total. The number of carboxylic acids is 1. The SMILES string of the molecule is COCOc1ccc(C=CC(=O)O)nc1. The number of carboxylic acid groups (broad SMARTS) is 1. The molecule has 0 aromatic carbocycles. The van der Waals surface area contributed by atoms with Crippen LogP contribution in [0.3, 0.4) is 0 Å². The van der Waals surface area contributed by atoms with Crippen molar-refractivity contribution in [2.45, 2.75) is 0 Å². The number of pyridine rings is 1. The zero-order chi connectivity index (χ0) is 11.1. The van der Waals surface area contributed by atoms with Gasteiger partial charge in [-0.15, -0.1) is 0 Å². The summed E-state index contributed by atoms with van der Waals surface area (Å²) >= 11 is 0. The summed E-state index contributed by atoms with van der Waals surface area (Å²) in [6.07, 6.45) is 3.93. The summed E-state index contributed by atoms with van der Waals surface area (Å²) in [6.45, 7) is 0.159. The summed E-state index contributed by atoms with van der Waals surface area (Å²) in [7, 11) is 1.53. The molecule has 1 aromatic rings. The van der Waals surface area contributed by atoms with Crippen LogP contribution in [0.15, 0.2) is 24.4 Å². The lowest BCUT2D eigenvalue weighted by molar-refractivity contribution is -0.131. The summed E-state index contributed by atoms with van der Waals surface area (Å²) < 4.78 is 9.82. The molecule has 0 aliphatic rings. The molecule has 0 saturated carbocycles. The molecule has 1 rings (SSSR count). The lowest BCUT2D eigenvalue weighted by Crippen LogP contribution is -1.99. The topological polar surface area (TPSA) is 68.7 Å². The second-order valence-corrected chi connectivity index (χ2v) is 2.64. The van der Waals surface area contributed by atoms with Crippen LogP contribution in [-0.2, 0) is 9.53 Å². The number of aliphatic carboxylic acids is 1. The van der Waals surface area contributed by atoms with Crippen LogP contribution in [0.2, 0.25) is 0 Å². The predicted molar refractivity (Wildman–Crippen MR) is 53.4 cm³/mol. The average Bonchev–Trinajstić information content (AvgIpc) is 2.25. The van der Waals surface area contributed by atoms with Gasteiger partial charge >= 0.3 is 5.97 Å². The van der Waals surface area contributed by atoms with Crippen molar-refractivity contribution in [2.75, 3.05) is 13.9 Å². The van der Waals surface area contributed by atoms with Gasteiger partial charge in [0.15, 0.2) is 6.79 Å². The largest absolute Gasteiger partial charge is 0.478 e. The molecule has 1 heterocycles. The van der Waals surface area contributed by atoms with Crippen LogP contribution < -0.4 is 4.74 Å². The molecule has 80 valence electrons. The van der Waals surface area contributed by atoms with Gasteiger partial charge in [0.25, 0.3) is 0 Å². The number of rotatable bonds is 5. The summed E-state index contributed by atoms with van der Waals surface area (Å²) in [5.41, 5.74) is 0.558. The maximum absolute atomic E-state index is 10.2. The van der Waals surface area contributed by atoms with E-state index in [4.69, 9.17) is 14.6 Å². The van der Waals surface area contributed by atoms with E-state index in [1.165, 1.54) is 19.4 Å². The number of ether oxygens (including phenoxy) is 2. The highest BCUT2D eigenvalue weighted by molar-refractivity contribution is 5.84. The molecule has 0 bridgehead atoms. The lowest BCUT2D eigenvalue weighted by atomic mass is 10.3. The third kappa shape index (κ3) is 4.24. The van der Waals surface area contributed by atoms with E-state index in [1.807, 2.05) is 0 Å². The molecule has 0 atom stereocenters. The normalized spacial score (nSPS) is 10.5. The fourth-order valence-electron chi connectivity index (χ4n) is 0.859. The van der Waals surface area contributed by atoms with E-state index in [0.29, 0.717) is 11.4 Å². The summed E-state index contributed by atoms with van der Waals surface area (Å²) in [5, 5.41) is 8.39. The fourth-order valence-corrected chi connectivity index (χ4v) is 0.859. The van der Waals surface area contributed by atoms with Crippen molar-refractivity contribution in [2.24, 2.45) is 0 Å². The molecule has 0 radical (unpaired) electrons. The highest BCUT2D eigenvalue weighted by atomic mass is 16.7. The number of nitrogens with zero attached hydrogens (tertiary/aromatic N) is 1. The molecule has 0 amide bonds. The van der Waals surface area contributed by atoms with Crippen molar-refractivity contribution in [3.8, 4) is 5.75 Å². The smallest absolute Gasteiger partial charge is 0.328 e. The molecule has 0 aliphatic heterocycles. The van der Waals surface area contributed by atoms with E-state index in [2.05, 4.69) is 4.98 Å². The predicted octanol–water partition coefficient (Wildman–Crippen LogP) is 1.16. The quantitative estimate of drug-likeness (QED) is 0.582. The van der Waals surface area contributed by atoms with Gasteiger partial charge in [-0.05, 0) is 18.2 Å². The van der Waals surface area contributed by atoms with Crippen LogP contribution in [0, 0.1) is 0 Å². The van der Waals surface area contributed by atoms with Crippen molar-refractivity contribution in [3.63, 3.8) is 0 Å². The monoisotopic (exact) mass is 209 g/mol. The Balaban J connectivity index is 2.60. The van der Waals surface area contributed by atoms with Crippen LogP contribution in [0.5, 0.6) is 5.75 Å². The molecule has 0 aliphatic carbocycles. The second-order valence-electron chi connectivity index (χ2n) is 2.64. The van der Waals surface area contributed by atoms with Crippen LogP contribution in [0.25, 0.3) is 6.08 Å². The van der Waals surface area contributed by atoms with Crippen LogP contribution >= 0.6 is 0 Å². The van der Waals surface area contributed by atoms with Gasteiger partial charge in [-0.25, -0.2) is 4.79 Å². The Morgan fingerprint density at radius 3 is 2.93 bits per heavy atom. The Morgan fingerprint density at radius 1 is 1.60 bits per heavy atom. The van der Waals surface area contributed by atoms with Gasteiger partial charge in [-0.3, -0.25) is 4.98 Å². The van der Waals surface area contributed by atoms with Gasteiger partial charge in [0.05, 0.1) is 11.9 Å². The van der Waals surface area contributed by atoms with E-state index >= 15 is 0 Å². The molecule has 5 heteroatoms. The summed E-state index contributed by atoms with van der Waals surface area (Å²) in [5.74, 6) is -0.430. The standard InChI is InChI=1S/C10H11NO4/c1-14-7-15-9-4-2-8(11-6-9)3-5-10(12)13/h2-6H,7H2,1H3,(H,12,13).